The fourth-order valence-electron chi connectivity index (χ4n) is 11.9. The number of carbonyl (C=O) groups is 2. The van der Waals surface area contributed by atoms with Gasteiger partial charge in [0.15, 0.2) is 5.67 Å². The third-order valence-electron chi connectivity index (χ3n) is 14.7. The van der Waals surface area contributed by atoms with Crippen molar-refractivity contribution in [2.45, 2.75) is 122 Å². The Morgan fingerprint density at radius 2 is 1.72 bits per heavy atom. The van der Waals surface area contributed by atoms with E-state index in [0.717, 1.165) is 24.8 Å². The third kappa shape index (κ3) is 4.77. The Morgan fingerprint density at radius 1 is 1.11 bits per heavy atom. The lowest BCUT2D eigenvalue weighted by molar-refractivity contribution is -0.173. The molecule has 10 heteroatoms. The van der Waals surface area contributed by atoms with Gasteiger partial charge in [0.1, 0.15) is 5.78 Å². The number of nitrogens with zero attached hydrogens (tertiary/aromatic N) is 1. The van der Waals surface area contributed by atoms with Crippen LogP contribution < -0.4 is 5.32 Å². The van der Waals surface area contributed by atoms with Crippen molar-refractivity contribution in [2.75, 3.05) is 20.7 Å². The number of amides is 1. The zero-order chi connectivity index (χ0) is 34.8. The van der Waals surface area contributed by atoms with Gasteiger partial charge in [-0.05, 0) is 121 Å². The quantitative estimate of drug-likeness (QED) is 0.353. The molecule has 11 atom stereocenters. The first-order chi connectivity index (χ1) is 21.6. The van der Waals surface area contributed by atoms with E-state index in [1.807, 2.05) is 27.9 Å². The van der Waals surface area contributed by atoms with Crippen LogP contribution in [0.1, 0.15) is 92.1 Å². The van der Waals surface area contributed by atoms with E-state index in [9.17, 15) is 27.5 Å². The Kier molecular flexibility index (Phi) is 8.04. The molecule has 0 unspecified atom stereocenters. The molecular weight excluding hydrogens is 619 g/mol. The number of aliphatic hydroxyl groups is 1. The highest BCUT2D eigenvalue weighted by molar-refractivity contribution is 7.86. The molecule has 1 amide bonds. The fraction of sp³-hybridized carbons (Fsp3) is 0.784. The van der Waals surface area contributed by atoms with E-state index < -0.39 is 44.7 Å². The predicted octanol–water partition coefficient (Wildman–Crippen LogP) is 5.45. The number of Topliss-reactive ketones (excluding diaryl/α,β-unsaturated/α-hetero) is 1. The van der Waals surface area contributed by atoms with Crippen LogP contribution >= 0.6 is 0 Å². The minimum absolute atomic E-state index is 0.0307. The molecule has 0 radical (unpaired) electrons. The monoisotopic (exact) mass is 674 g/mol. The minimum atomic E-state index is -4.12. The van der Waals surface area contributed by atoms with Crippen LogP contribution in [0.25, 0.3) is 0 Å². The number of hydrogen-bond donors (Lipinski definition) is 2. The average molecular weight is 675 g/mol. The molecule has 5 aliphatic rings. The summed E-state index contributed by atoms with van der Waals surface area (Å²) in [6, 6.07) is 6.09. The van der Waals surface area contributed by atoms with Gasteiger partial charge in [0.05, 0.1) is 17.6 Å². The highest BCUT2D eigenvalue weighted by atomic mass is 32.2. The number of carbonyl (C=O) groups excluding carboxylic acids is 2. The number of aliphatic hydroxyl groups excluding tert-OH is 1. The third-order valence-corrected chi connectivity index (χ3v) is 16.0. The zero-order valence-corrected chi connectivity index (χ0v) is 30.5. The van der Waals surface area contributed by atoms with Crippen molar-refractivity contribution >= 4 is 21.8 Å². The van der Waals surface area contributed by atoms with E-state index in [1.165, 1.54) is 26.0 Å². The summed E-state index contributed by atoms with van der Waals surface area (Å²) in [4.78, 5) is 30.0. The summed E-state index contributed by atoms with van der Waals surface area (Å²) in [6.07, 6.45) is 4.02. The predicted molar refractivity (Wildman–Crippen MR) is 178 cm³/mol. The molecule has 1 aromatic carbocycles. The van der Waals surface area contributed by atoms with Crippen molar-refractivity contribution in [1.29, 1.82) is 0 Å². The zero-order valence-electron chi connectivity index (χ0n) is 29.7. The standard InChI is InChI=1S/C37H55FN2O6S/c1-22-10-12-24(13-11-22)47(44,45)46-21-33(5)26-14-15-27-34(6)18-25(41)30(23(2)40(8)9)35(34,7)19-29(42)37(27)20-36(26,37)17-16-28(33)39-31(43)32(3,4)38/h10-13,23,25-28,30,41H,14-21H2,1-9H3,(H,39,43)/t23-,25+,26-,27-,28-,30-,33-,34-,35+,36+,37+/m0/s1. The van der Waals surface area contributed by atoms with Crippen molar-refractivity contribution in [3.8, 4) is 0 Å². The molecule has 0 bridgehead atoms. The topological polar surface area (TPSA) is 113 Å². The van der Waals surface area contributed by atoms with Gasteiger partial charge < -0.3 is 15.3 Å². The first-order valence-corrected chi connectivity index (χ1v) is 18.9. The number of halogens is 1. The van der Waals surface area contributed by atoms with Crippen LogP contribution in [0.3, 0.4) is 0 Å². The van der Waals surface area contributed by atoms with Crippen LogP contribution in [-0.2, 0) is 23.9 Å². The largest absolute Gasteiger partial charge is 0.393 e. The highest BCUT2D eigenvalue weighted by Crippen LogP contribution is 2.88. The number of aryl methyl sites for hydroxylation is 1. The molecule has 5 saturated carbocycles. The Morgan fingerprint density at radius 3 is 2.32 bits per heavy atom. The molecule has 8 nitrogen and oxygen atoms in total. The van der Waals surface area contributed by atoms with Crippen molar-refractivity contribution in [1.82, 2.24) is 10.2 Å². The van der Waals surface area contributed by atoms with Gasteiger partial charge in [0, 0.05) is 35.3 Å². The second-order valence-electron chi connectivity index (χ2n) is 17.5. The normalized spacial score (nSPS) is 43.4. The summed E-state index contributed by atoms with van der Waals surface area (Å²) in [7, 11) is -0.0483. The van der Waals surface area contributed by atoms with E-state index in [0.29, 0.717) is 25.7 Å². The second-order valence-corrected chi connectivity index (χ2v) is 19.1. The van der Waals surface area contributed by atoms with Crippen molar-refractivity contribution in [2.24, 2.45) is 44.8 Å². The molecule has 0 saturated heterocycles. The lowest BCUT2D eigenvalue weighted by Crippen LogP contribution is -2.64. The molecule has 5 aliphatic carbocycles. The van der Waals surface area contributed by atoms with Gasteiger partial charge in [0.2, 0.25) is 0 Å². The van der Waals surface area contributed by atoms with Crippen molar-refractivity contribution in [3.63, 3.8) is 0 Å². The molecule has 262 valence electrons. The van der Waals surface area contributed by atoms with Gasteiger partial charge in [0.25, 0.3) is 16.0 Å². The lowest BCUT2D eigenvalue weighted by Gasteiger charge is -2.63. The Bertz CT molecular complexity index is 1560. The van der Waals surface area contributed by atoms with Crippen molar-refractivity contribution in [3.05, 3.63) is 29.8 Å². The summed E-state index contributed by atoms with van der Waals surface area (Å²) >= 11 is 0. The van der Waals surface area contributed by atoms with E-state index in [1.54, 1.807) is 12.1 Å². The van der Waals surface area contributed by atoms with Gasteiger partial charge >= 0.3 is 0 Å². The smallest absolute Gasteiger partial charge is 0.296 e. The van der Waals surface area contributed by atoms with Gasteiger partial charge in [-0.3, -0.25) is 13.8 Å². The SMILES string of the molecule is Cc1ccc(S(=O)(=O)OC[C@]2(C)[C@@H](NC(=O)C(C)(C)F)CC[C@]34C[C@@]35C(=O)C[C@]3(C)[C@@H]([C@H](C)N(C)C)[C@H](O)C[C@@]3(C)[C@@H]5CC[C@@H]24)cc1. The summed E-state index contributed by atoms with van der Waals surface area (Å²) in [5.41, 5.74) is -3.55. The summed E-state index contributed by atoms with van der Waals surface area (Å²) in [5, 5.41) is 14.6. The summed E-state index contributed by atoms with van der Waals surface area (Å²) in [6.45, 7) is 12.8. The van der Waals surface area contributed by atoms with Crippen LogP contribution in [-0.4, -0.2) is 74.7 Å². The molecule has 5 fully saturated rings. The number of rotatable bonds is 8. The number of ketones is 1. The van der Waals surface area contributed by atoms with Gasteiger partial charge in [-0.1, -0.05) is 38.5 Å². The molecule has 0 heterocycles. The van der Waals surface area contributed by atoms with Crippen LogP contribution in [0.15, 0.2) is 29.2 Å². The maximum atomic E-state index is 14.9. The highest BCUT2D eigenvalue weighted by Gasteiger charge is 2.86. The molecular formula is C37H55FN2O6S. The molecule has 0 aromatic heterocycles. The number of alkyl halides is 1. The molecule has 6 rings (SSSR count). The maximum Gasteiger partial charge on any atom is 0.296 e. The number of nitrogens with one attached hydrogen (secondary N) is 1. The lowest BCUT2D eigenvalue weighted by atomic mass is 9.41. The second kappa shape index (κ2) is 10.8. The van der Waals surface area contributed by atoms with Crippen molar-refractivity contribution < 1.29 is 31.7 Å². The number of benzene rings is 1. The number of fused-ring (bicyclic) bond motifs is 2. The Hall–Kier alpha value is -1.88. The van der Waals surface area contributed by atoms with E-state index in [-0.39, 0.29) is 57.3 Å². The summed E-state index contributed by atoms with van der Waals surface area (Å²) in [5.74, 6) is -0.495. The molecule has 2 N–H and O–H groups in total. The molecule has 2 spiro atoms. The first kappa shape index (κ1) is 35.0. The molecule has 47 heavy (non-hydrogen) atoms. The van der Waals surface area contributed by atoms with E-state index in [4.69, 9.17) is 4.18 Å². The van der Waals surface area contributed by atoms with Crippen LogP contribution in [0.5, 0.6) is 0 Å². The van der Waals surface area contributed by atoms with E-state index in [2.05, 4.69) is 31.0 Å². The fourth-order valence-corrected chi connectivity index (χ4v) is 13.0. The molecule has 0 aliphatic heterocycles. The molecule has 1 aromatic rings. The van der Waals surface area contributed by atoms with Crippen LogP contribution in [0.4, 0.5) is 4.39 Å². The average Bonchev–Trinajstić information content (AvgIpc) is 3.61. The first-order valence-electron chi connectivity index (χ1n) is 17.4. The van der Waals surface area contributed by atoms with Crippen LogP contribution in [0.2, 0.25) is 0 Å². The number of hydrogen-bond acceptors (Lipinski definition) is 7. The summed E-state index contributed by atoms with van der Waals surface area (Å²) < 4.78 is 47.7. The van der Waals surface area contributed by atoms with Crippen LogP contribution in [0, 0.1) is 51.8 Å². The van der Waals surface area contributed by atoms with Gasteiger partial charge in [-0.15, -0.1) is 0 Å². The maximum absolute atomic E-state index is 14.9. The Labute approximate surface area is 280 Å². The van der Waals surface area contributed by atoms with Gasteiger partial charge in [-0.25, -0.2) is 4.39 Å². The van der Waals surface area contributed by atoms with Gasteiger partial charge in [-0.2, -0.15) is 8.42 Å². The van der Waals surface area contributed by atoms with E-state index >= 15 is 0 Å². The Balaban J connectivity index is 1.37. The minimum Gasteiger partial charge on any atom is -0.393 e.